The summed E-state index contributed by atoms with van der Waals surface area (Å²) in [6.45, 7) is 9.41. The van der Waals surface area contributed by atoms with Crippen molar-refractivity contribution < 1.29 is 20.4 Å². The Balaban J connectivity index is 4.31. The molecule has 0 aliphatic heterocycles. The molecule has 0 saturated carbocycles. The van der Waals surface area contributed by atoms with E-state index in [2.05, 4.69) is 21.6 Å². The topological polar surface area (TPSA) is 90.6 Å². The van der Waals surface area contributed by atoms with Crippen molar-refractivity contribution in [3.05, 3.63) is 0 Å². The average molecular weight is 335 g/mol. The molecule has 0 aromatic carbocycles. The lowest BCUT2D eigenvalue weighted by atomic mass is 10.3. The third kappa shape index (κ3) is 12.8. The van der Waals surface area contributed by atoms with Crippen molar-refractivity contribution in [3.8, 4) is 0 Å². The maximum Gasteiger partial charge on any atom is 0.0558 e. The van der Waals surface area contributed by atoms with Crippen LogP contribution < -0.4 is 0 Å². The van der Waals surface area contributed by atoms with Gasteiger partial charge in [0.25, 0.3) is 0 Å². The molecule has 0 amide bonds. The maximum absolute atomic E-state index is 9.07. The van der Waals surface area contributed by atoms with E-state index in [1.165, 1.54) is 0 Å². The summed E-state index contributed by atoms with van der Waals surface area (Å²) in [7, 11) is 0. The second-order valence-electron chi connectivity index (χ2n) is 5.77. The molecule has 0 radical (unpaired) electrons. The molecule has 0 heterocycles. The van der Waals surface area contributed by atoms with Crippen LogP contribution in [0.4, 0.5) is 0 Å². The lowest BCUT2D eigenvalue weighted by Crippen LogP contribution is -2.42. The molecular weight excluding hydrogens is 298 g/mol. The monoisotopic (exact) mass is 335 g/mol. The van der Waals surface area contributed by atoms with E-state index in [4.69, 9.17) is 20.4 Å². The fraction of sp³-hybridized carbons (Fsp3) is 1.00. The van der Waals surface area contributed by atoms with Crippen LogP contribution in [0.3, 0.4) is 0 Å². The van der Waals surface area contributed by atoms with E-state index in [0.29, 0.717) is 26.2 Å². The van der Waals surface area contributed by atoms with Gasteiger partial charge in [-0.25, -0.2) is 0 Å². The third-order valence-electron chi connectivity index (χ3n) is 3.96. The second kappa shape index (κ2) is 16.6. The highest BCUT2D eigenvalue weighted by molar-refractivity contribution is 4.67. The molecular formula is C16H37N3O4. The molecule has 4 N–H and O–H groups in total. The van der Waals surface area contributed by atoms with Gasteiger partial charge in [-0.3, -0.25) is 9.80 Å². The van der Waals surface area contributed by atoms with Crippen molar-refractivity contribution in [1.82, 2.24) is 14.7 Å². The van der Waals surface area contributed by atoms with Gasteiger partial charge in [0.1, 0.15) is 0 Å². The minimum absolute atomic E-state index is 0.107. The summed E-state index contributed by atoms with van der Waals surface area (Å²) in [6.07, 6.45) is 2.28. The van der Waals surface area contributed by atoms with Crippen LogP contribution in [0.5, 0.6) is 0 Å². The van der Waals surface area contributed by atoms with Gasteiger partial charge >= 0.3 is 0 Å². The van der Waals surface area contributed by atoms with Crippen LogP contribution in [0.15, 0.2) is 0 Å². The Kier molecular flexibility index (Phi) is 16.4. The Morgan fingerprint density at radius 2 is 0.783 bits per heavy atom. The number of hydrogen-bond acceptors (Lipinski definition) is 7. The van der Waals surface area contributed by atoms with Gasteiger partial charge in [0, 0.05) is 52.4 Å². The smallest absolute Gasteiger partial charge is 0.0558 e. The van der Waals surface area contributed by atoms with E-state index >= 15 is 0 Å². The Labute approximate surface area is 141 Å². The molecule has 0 fully saturated rings. The lowest BCUT2D eigenvalue weighted by Gasteiger charge is -2.29. The van der Waals surface area contributed by atoms with E-state index < -0.39 is 0 Å². The van der Waals surface area contributed by atoms with E-state index in [0.717, 1.165) is 45.6 Å². The summed E-state index contributed by atoms with van der Waals surface area (Å²) in [5.74, 6) is 0. The Bertz CT molecular complexity index is 215. The summed E-state index contributed by atoms with van der Waals surface area (Å²) in [4.78, 5) is 6.52. The van der Waals surface area contributed by atoms with Crippen LogP contribution in [-0.4, -0.2) is 120 Å². The van der Waals surface area contributed by atoms with Gasteiger partial charge in [-0.15, -0.1) is 0 Å². The molecule has 23 heavy (non-hydrogen) atoms. The minimum Gasteiger partial charge on any atom is -0.395 e. The van der Waals surface area contributed by atoms with Gasteiger partial charge in [-0.05, 0) is 13.0 Å². The zero-order chi connectivity index (χ0) is 17.3. The van der Waals surface area contributed by atoms with Crippen molar-refractivity contribution in [2.45, 2.75) is 19.8 Å². The van der Waals surface area contributed by atoms with Crippen molar-refractivity contribution >= 4 is 0 Å². The van der Waals surface area contributed by atoms with E-state index in [1.807, 2.05) is 0 Å². The van der Waals surface area contributed by atoms with E-state index in [-0.39, 0.29) is 26.4 Å². The van der Waals surface area contributed by atoms with E-state index in [1.54, 1.807) is 0 Å². The van der Waals surface area contributed by atoms with Gasteiger partial charge in [0.05, 0.1) is 26.4 Å². The maximum atomic E-state index is 9.07. The summed E-state index contributed by atoms with van der Waals surface area (Å²) in [5, 5.41) is 36.3. The molecule has 0 bridgehead atoms. The van der Waals surface area contributed by atoms with Crippen LogP contribution in [0.2, 0.25) is 0 Å². The molecule has 0 aliphatic rings. The molecule has 0 saturated heterocycles. The first-order valence-corrected chi connectivity index (χ1v) is 8.82. The fourth-order valence-corrected chi connectivity index (χ4v) is 2.52. The first-order valence-electron chi connectivity index (χ1n) is 8.82. The van der Waals surface area contributed by atoms with Gasteiger partial charge < -0.3 is 25.3 Å². The Morgan fingerprint density at radius 3 is 1.04 bits per heavy atom. The molecule has 0 spiro atoms. The normalized spacial score (nSPS) is 12.0. The quantitative estimate of drug-likeness (QED) is 0.262. The highest BCUT2D eigenvalue weighted by Crippen LogP contribution is 1.99. The molecule has 140 valence electrons. The molecule has 7 heteroatoms. The van der Waals surface area contributed by atoms with Gasteiger partial charge in [-0.2, -0.15) is 0 Å². The highest BCUT2D eigenvalue weighted by Gasteiger charge is 2.11. The van der Waals surface area contributed by atoms with Crippen molar-refractivity contribution in [1.29, 1.82) is 0 Å². The van der Waals surface area contributed by atoms with Gasteiger partial charge in [0.15, 0.2) is 0 Å². The van der Waals surface area contributed by atoms with Crippen LogP contribution >= 0.6 is 0 Å². The van der Waals surface area contributed by atoms with Crippen LogP contribution in [0.1, 0.15) is 19.8 Å². The Morgan fingerprint density at radius 1 is 0.478 bits per heavy atom. The zero-order valence-corrected chi connectivity index (χ0v) is 14.7. The van der Waals surface area contributed by atoms with Crippen LogP contribution in [0.25, 0.3) is 0 Å². The molecule has 0 aromatic rings. The molecule has 7 nitrogen and oxygen atoms in total. The number of nitrogens with zero attached hydrogens (tertiary/aromatic N) is 3. The largest absolute Gasteiger partial charge is 0.395 e. The van der Waals surface area contributed by atoms with Crippen LogP contribution in [-0.2, 0) is 0 Å². The summed E-state index contributed by atoms with van der Waals surface area (Å²) in [5.41, 5.74) is 0. The molecule has 0 rings (SSSR count). The SMILES string of the molecule is CCCCN(CCN(CCO)CCO)CCN(CCO)CCO. The summed E-state index contributed by atoms with van der Waals surface area (Å²) < 4.78 is 0. The molecule has 0 atom stereocenters. The fourth-order valence-electron chi connectivity index (χ4n) is 2.52. The third-order valence-corrected chi connectivity index (χ3v) is 3.96. The summed E-state index contributed by atoms with van der Waals surface area (Å²) >= 11 is 0. The van der Waals surface area contributed by atoms with Gasteiger partial charge in [-0.1, -0.05) is 13.3 Å². The summed E-state index contributed by atoms with van der Waals surface area (Å²) in [6, 6.07) is 0. The van der Waals surface area contributed by atoms with Crippen LogP contribution in [0, 0.1) is 0 Å². The first kappa shape index (κ1) is 22.7. The minimum atomic E-state index is 0.107. The second-order valence-corrected chi connectivity index (χ2v) is 5.77. The van der Waals surface area contributed by atoms with E-state index in [9.17, 15) is 0 Å². The van der Waals surface area contributed by atoms with Crippen molar-refractivity contribution in [3.63, 3.8) is 0 Å². The predicted molar refractivity (Wildman–Crippen MR) is 92.6 cm³/mol. The first-order chi connectivity index (χ1) is 11.2. The number of aliphatic hydroxyl groups excluding tert-OH is 4. The zero-order valence-electron chi connectivity index (χ0n) is 14.7. The molecule has 0 unspecified atom stereocenters. The lowest BCUT2D eigenvalue weighted by molar-refractivity contribution is 0.123. The van der Waals surface area contributed by atoms with Crippen molar-refractivity contribution in [2.24, 2.45) is 0 Å². The number of rotatable bonds is 17. The standard InChI is InChI=1S/C16H37N3O4/c1-2-3-4-17(5-7-18(9-13-20)10-14-21)6-8-19(11-15-22)12-16-23/h20-23H,2-16H2,1H3. The average Bonchev–Trinajstić information content (AvgIpc) is 2.54. The molecule has 0 aliphatic carbocycles. The Hall–Kier alpha value is -0.280. The van der Waals surface area contributed by atoms with Crippen molar-refractivity contribution in [2.75, 3.05) is 85.3 Å². The number of unbranched alkanes of at least 4 members (excludes halogenated alkanes) is 1. The highest BCUT2D eigenvalue weighted by atomic mass is 16.3. The number of aliphatic hydroxyl groups is 4. The van der Waals surface area contributed by atoms with Gasteiger partial charge in [0.2, 0.25) is 0 Å². The molecule has 0 aromatic heterocycles. The predicted octanol–water partition coefficient (Wildman–Crippen LogP) is -1.34. The number of hydrogen-bond donors (Lipinski definition) is 4.